The molecule has 0 radical (unpaired) electrons. The lowest BCUT2D eigenvalue weighted by Gasteiger charge is -2.20. The van der Waals surface area contributed by atoms with Crippen LogP contribution in [0.25, 0.3) is 0 Å². The Bertz CT molecular complexity index is 500. The third-order valence-electron chi connectivity index (χ3n) is 2.98. The van der Waals surface area contributed by atoms with Gasteiger partial charge in [0.25, 0.3) is 0 Å². The Morgan fingerprint density at radius 2 is 1.89 bits per heavy atom. The van der Waals surface area contributed by atoms with Crippen molar-refractivity contribution in [2.24, 2.45) is 17.6 Å². The number of nitrogens with one attached hydrogen (secondary N) is 2. The summed E-state index contributed by atoms with van der Waals surface area (Å²) in [5, 5.41) is 3.29. The van der Waals surface area contributed by atoms with Crippen LogP contribution in [0.5, 0.6) is 0 Å². The summed E-state index contributed by atoms with van der Waals surface area (Å²) in [5.74, 6) is 0.904. The maximum Gasteiger partial charge on any atom is 0.229 e. The van der Waals surface area contributed by atoms with E-state index in [-0.39, 0.29) is 0 Å². The average Bonchev–Trinajstić information content (AvgIpc) is 2.27. The highest BCUT2D eigenvalue weighted by atomic mass is 32.2. The first kappa shape index (κ1) is 15.8. The molecule has 1 aromatic rings. The van der Waals surface area contributed by atoms with Gasteiger partial charge in [-0.25, -0.2) is 8.42 Å². The molecule has 0 saturated carbocycles. The second-order valence-corrected chi connectivity index (χ2v) is 6.82. The van der Waals surface area contributed by atoms with Gasteiger partial charge >= 0.3 is 0 Å². The maximum absolute atomic E-state index is 11.2. The molecule has 0 aliphatic carbocycles. The fourth-order valence-electron chi connectivity index (χ4n) is 1.75. The Labute approximate surface area is 115 Å². The van der Waals surface area contributed by atoms with E-state index in [1.54, 1.807) is 12.1 Å². The van der Waals surface area contributed by atoms with E-state index >= 15 is 0 Å². The van der Waals surface area contributed by atoms with Crippen molar-refractivity contribution in [1.82, 2.24) is 0 Å². The van der Waals surface area contributed by atoms with Crippen LogP contribution in [-0.2, 0) is 10.0 Å². The van der Waals surface area contributed by atoms with Gasteiger partial charge in [-0.2, -0.15) is 0 Å². The third kappa shape index (κ3) is 5.94. The predicted molar refractivity (Wildman–Crippen MR) is 80.8 cm³/mol. The number of nitrogens with two attached hydrogens (primary N) is 1. The molecule has 19 heavy (non-hydrogen) atoms. The van der Waals surface area contributed by atoms with Crippen LogP contribution in [0.2, 0.25) is 0 Å². The smallest absolute Gasteiger partial charge is 0.229 e. The molecule has 108 valence electrons. The van der Waals surface area contributed by atoms with E-state index in [4.69, 9.17) is 5.73 Å². The summed E-state index contributed by atoms with van der Waals surface area (Å²) < 4.78 is 24.8. The second-order valence-electron chi connectivity index (χ2n) is 5.08. The molecule has 0 aliphatic rings. The molecule has 0 amide bonds. The number of hydrogen-bond acceptors (Lipinski definition) is 4. The molecule has 1 aromatic carbocycles. The van der Waals surface area contributed by atoms with Crippen molar-refractivity contribution in [3.8, 4) is 0 Å². The first-order chi connectivity index (χ1) is 8.81. The van der Waals surface area contributed by atoms with Crippen molar-refractivity contribution in [2.45, 2.75) is 13.8 Å². The highest BCUT2D eigenvalue weighted by Crippen LogP contribution is 2.17. The molecule has 5 nitrogen and oxygen atoms in total. The van der Waals surface area contributed by atoms with Crippen molar-refractivity contribution in [3.63, 3.8) is 0 Å². The van der Waals surface area contributed by atoms with Gasteiger partial charge in [0.1, 0.15) is 0 Å². The highest BCUT2D eigenvalue weighted by molar-refractivity contribution is 7.92. The summed E-state index contributed by atoms with van der Waals surface area (Å²) in [5.41, 5.74) is 7.16. The molecule has 0 saturated heterocycles. The molecular weight excluding hydrogens is 262 g/mol. The van der Waals surface area contributed by atoms with Gasteiger partial charge < -0.3 is 11.1 Å². The number of hydrogen-bond donors (Lipinski definition) is 3. The highest BCUT2D eigenvalue weighted by Gasteiger charge is 2.11. The van der Waals surface area contributed by atoms with Crippen LogP contribution in [-0.4, -0.2) is 27.8 Å². The van der Waals surface area contributed by atoms with Crippen LogP contribution in [0.3, 0.4) is 0 Å². The van der Waals surface area contributed by atoms with Gasteiger partial charge in [0.2, 0.25) is 10.0 Å². The van der Waals surface area contributed by atoms with E-state index in [9.17, 15) is 8.42 Å². The largest absolute Gasteiger partial charge is 0.385 e. The van der Waals surface area contributed by atoms with Crippen LogP contribution in [0.15, 0.2) is 24.3 Å². The molecule has 0 fully saturated rings. The molecule has 0 spiro atoms. The lowest BCUT2D eigenvalue weighted by molar-refractivity contribution is 0.413. The molecule has 0 aliphatic heterocycles. The summed E-state index contributed by atoms with van der Waals surface area (Å²) in [7, 11) is -3.24. The second kappa shape index (κ2) is 6.77. The maximum atomic E-state index is 11.2. The van der Waals surface area contributed by atoms with E-state index in [2.05, 4.69) is 23.9 Å². The Kier molecular flexibility index (Phi) is 5.62. The Balaban J connectivity index is 2.67. The van der Waals surface area contributed by atoms with Gasteiger partial charge in [0, 0.05) is 12.2 Å². The minimum atomic E-state index is -3.24. The summed E-state index contributed by atoms with van der Waals surface area (Å²) in [4.78, 5) is 0. The zero-order chi connectivity index (χ0) is 14.5. The Morgan fingerprint density at radius 1 is 1.26 bits per heavy atom. The molecular formula is C13H23N3O2S. The Morgan fingerprint density at radius 3 is 2.42 bits per heavy atom. The number of anilines is 2. The van der Waals surface area contributed by atoms with Crippen molar-refractivity contribution in [2.75, 3.05) is 29.4 Å². The zero-order valence-electron chi connectivity index (χ0n) is 11.7. The summed E-state index contributed by atoms with van der Waals surface area (Å²) in [6, 6.07) is 7.20. The van der Waals surface area contributed by atoms with Crippen LogP contribution < -0.4 is 15.8 Å². The van der Waals surface area contributed by atoms with Gasteiger partial charge in [0.05, 0.1) is 11.9 Å². The van der Waals surface area contributed by atoms with E-state index in [1.165, 1.54) is 0 Å². The van der Waals surface area contributed by atoms with Crippen molar-refractivity contribution >= 4 is 21.4 Å². The normalized spacial score (nSPS) is 13.3. The zero-order valence-corrected chi connectivity index (χ0v) is 12.5. The van der Waals surface area contributed by atoms with Gasteiger partial charge in [-0.3, -0.25) is 4.72 Å². The first-order valence-corrected chi connectivity index (χ1v) is 8.22. The van der Waals surface area contributed by atoms with E-state index < -0.39 is 10.0 Å². The van der Waals surface area contributed by atoms with Crippen molar-refractivity contribution in [3.05, 3.63) is 24.3 Å². The van der Waals surface area contributed by atoms with Gasteiger partial charge in [-0.15, -0.1) is 0 Å². The fraction of sp³-hybridized carbons (Fsp3) is 0.538. The summed E-state index contributed by atoms with van der Waals surface area (Å²) in [6.07, 6.45) is 1.14. The molecule has 4 N–H and O–H groups in total. The Hall–Kier alpha value is -1.27. The lowest BCUT2D eigenvalue weighted by Crippen LogP contribution is -2.27. The first-order valence-electron chi connectivity index (χ1n) is 6.33. The third-order valence-corrected chi connectivity index (χ3v) is 3.59. The predicted octanol–water partition coefficient (Wildman–Crippen LogP) is 1.70. The molecule has 1 rings (SSSR count). The number of benzene rings is 1. The topological polar surface area (TPSA) is 84.2 Å². The molecule has 0 bridgehead atoms. The fourth-order valence-corrected chi connectivity index (χ4v) is 2.30. The molecule has 0 aromatic heterocycles. The molecule has 0 heterocycles. The molecule has 1 unspecified atom stereocenters. The molecule has 1 atom stereocenters. The lowest BCUT2D eigenvalue weighted by atomic mass is 9.96. The van der Waals surface area contributed by atoms with Gasteiger partial charge in [-0.05, 0) is 36.6 Å². The van der Waals surface area contributed by atoms with Crippen LogP contribution >= 0.6 is 0 Å². The van der Waals surface area contributed by atoms with Gasteiger partial charge in [0.15, 0.2) is 0 Å². The molecule has 6 heteroatoms. The van der Waals surface area contributed by atoms with Crippen LogP contribution in [0.1, 0.15) is 13.8 Å². The van der Waals surface area contributed by atoms with Crippen molar-refractivity contribution < 1.29 is 8.42 Å². The average molecular weight is 285 g/mol. The number of rotatable bonds is 7. The standard InChI is InChI=1S/C13H23N3O2S/c1-10(2)11(8-14)9-15-12-5-4-6-13(7-12)16-19(3,17)18/h4-7,10-11,15-16H,8-9,14H2,1-3H3. The number of sulfonamides is 1. The van der Waals surface area contributed by atoms with Crippen LogP contribution in [0.4, 0.5) is 11.4 Å². The van der Waals surface area contributed by atoms with Crippen molar-refractivity contribution in [1.29, 1.82) is 0 Å². The van der Waals surface area contributed by atoms with Gasteiger partial charge in [-0.1, -0.05) is 19.9 Å². The minimum absolute atomic E-state index is 0.395. The van der Waals surface area contributed by atoms with E-state index in [1.807, 2.05) is 12.1 Å². The monoisotopic (exact) mass is 285 g/mol. The summed E-state index contributed by atoms with van der Waals surface area (Å²) in [6.45, 7) is 5.68. The summed E-state index contributed by atoms with van der Waals surface area (Å²) >= 11 is 0. The minimum Gasteiger partial charge on any atom is -0.385 e. The van der Waals surface area contributed by atoms with Crippen LogP contribution in [0, 0.1) is 11.8 Å². The van der Waals surface area contributed by atoms with E-state index in [0.29, 0.717) is 24.1 Å². The SMILES string of the molecule is CC(C)C(CN)CNc1cccc(NS(C)(=O)=O)c1. The van der Waals surface area contributed by atoms with E-state index in [0.717, 1.165) is 18.5 Å². The quantitative estimate of drug-likeness (QED) is 0.712.